The summed E-state index contributed by atoms with van der Waals surface area (Å²) in [5.74, 6) is 0.155. The standard InChI is InChI=1S/C24H25FN4O4.C19H19FN4O/c1-14-5-6-17-19(11-14)27-22(21-18(25)3-2-4-20(21)30)28-23(17)29-9-7-15(12-29)26-24(31)33-16-8-10-32-13-16;1-11-5-6-13-15(9-11)22-18(17-14(20)3-2-4-16(17)25)23-19(13)24-8-7-12(21)10-24/h2-6,11,15-16,30H,7-10,12-13H2,1H3,(H,26,31);2-6,9,12,25H,7-8,10,21H2,1H3/t15-,16+;12-/m11/s1. The largest absolute Gasteiger partial charge is 0.507 e. The Balaban J connectivity index is 0.000000168. The molecule has 3 aliphatic rings. The first-order chi connectivity index (χ1) is 28.0. The Morgan fingerprint density at radius 1 is 0.776 bits per heavy atom. The van der Waals surface area contributed by atoms with Crippen molar-refractivity contribution in [3.05, 3.63) is 95.6 Å². The smallest absolute Gasteiger partial charge is 0.407 e. The number of hydrogen-bond acceptors (Lipinski definition) is 12. The summed E-state index contributed by atoms with van der Waals surface area (Å²) >= 11 is 0. The number of phenols is 2. The molecule has 2 aromatic heterocycles. The molecule has 58 heavy (non-hydrogen) atoms. The second-order valence-corrected chi connectivity index (χ2v) is 15.0. The number of fused-ring (bicyclic) bond motifs is 2. The van der Waals surface area contributed by atoms with Gasteiger partial charge in [-0.2, -0.15) is 0 Å². The van der Waals surface area contributed by atoms with E-state index in [0.29, 0.717) is 57.0 Å². The van der Waals surface area contributed by atoms with Crippen LogP contribution < -0.4 is 20.9 Å². The Kier molecular flexibility index (Phi) is 10.9. The number of phenolic OH excluding ortho intramolecular Hbond substituents is 2. The van der Waals surface area contributed by atoms with Gasteiger partial charge in [-0.15, -0.1) is 0 Å². The van der Waals surface area contributed by atoms with Gasteiger partial charge in [0.1, 0.15) is 40.9 Å². The number of rotatable bonds is 6. The van der Waals surface area contributed by atoms with E-state index in [2.05, 4.69) is 30.2 Å². The van der Waals surface area contributed by atoms with Crippen LogP contribution in [0.25, 0.3) is 44.6 Å². The van der Waals surface area contributed by atoms with Gasteiger partial charge in [0.15, 0.2) is 11.6 Å². The Morgan fingerprint density at radius 3 is 1.83 bits per heavy atom. The molecule has 5 heterocycles. The minimum Gasteiger partial charge on any atom is -0.507 e. The fraction of sp³-hybridized carbons (Fsp3) is 0.326. The first-order valence-electron chi connectivity index (χ1n) is 19.3. The monoisotopic (exact) mass is 790 g/mol. The normalized spacial score (nSPS) is 19.1. The number of hydrogen-bond donors (Lipinski definition) is 4. The number of carbonyl (C=O) groups is 1. The SMILES string of the molecule is Cc1ccc2c(N3CC[C@@H](N)C3)nc(-c3c(O)cccc3F)nc2c1.Cc1ccc2c(N3CC[C@@H](NC(=O)O[C@H]4CCOC4)C3)nc(-c3c(O)cccc3F)nc2c1. The molecule has 3 atom stereocenters. The molecule has 0 unspecified atom stereocenters. The number of anilines is 2. The third-order valence-electron chi connectivity index (χ3n) is 10.6. The predicted molar refractivity (Wildman–Crippen MR) is 217 cm³/mol. The van der Waals surface area contributed by atoms with Gasteiger partial charge in [-0.3, -0.25) is 0 Å². The average molecular weight is 791 g/mol. The number of carbonyl (C=O) groups excluding carboxylic acids is 1. The van der Waals surface area contributed by atoms with Crippen LogP contribution in [-0.4, -0.2) is 93.8 Å². The highest BCUT2D eigenvalue weighted by Gasteiger charge is 2.30. The van der Waals surface area contributed by atoms with Crippen molar-refractivity contribution in [3.63, 3.8) is 0 Å². The first kappa shape index (κ1) is 38.7. The van der Waals surface area contributed by atoms with Crippen molar-refractivity contribution >= 4 is 39.5 Å². The fourth-order valence-electron chi connectivity index (χ4n) is 7.63. The van der Waals surface area contributed by atoms with Crippen molar-refractivity contribution in [1.29, 1.82) is 0 Å². The molecule has 0 spiro atoms. The van der Waals surface area contributed by atoms with Crippen molar-refractivity contribution < 1.29 is 33.3 Å². The molecule has 4 aromatic carbocycles. The fourth-order valence-corrected chi connectivity index (χ4v) is 7.63. The molecule has 5 N–H and O–H groups in total. The highest BCUT2D eigenvalue weighted by Crippen LogP contribution is 2.36. The minimum absolute atomic E-state index is 0.0238. The van der Waals surface area contributed by atoms with Gasteiger partial charge in [0.25, 0.3) is 0 Å². The number of halogens is 2. The minimum atomic E-state index is -0.590. The van der Waals surface area contributed by atoms with E-state index in [1.165, 1.54) is 36.4 Å². The van der Waals surface area contributed by atoms with Crippen LogP contribution in [0.5, 0.6) is 11.5 Å². The maximum atomic E-state index is 14.6. The summed E-state index contributed by atoms with van der Waals surface area (Å²) in [4.78, 5) is 34.7. The van der Waals surface area contributed by atoms with E-state index < -0.39 is 17.7 Å². The van der Waals surface area contributed by atoms with Crippen molar-refractivity contribution in [1.82, 2.24) is 25.3 Å². The first-order valence-corrected chi connectivity index (χ1v) is 19.3. The summed E-state index contributed by atoms with van der Waals surface area (Å²) in [5.41, 5.74) is 9.49. The molecular formula is C43H44F2N8O5. The topological polar surface area (TPSA) is 172 Å². The highest BCUT2D eigenvalue weighted by molar-refractivity contribution is 5.93. The number of nitrogens with two attached hydrogens (primary N) is 1. The number of benzene rings is 4. The Bertz CT molecular complexity index is 2460. The molecule has 3 aliphatic heterocycles. The zero-order valence-corrected chi connectivity index (χ0v) is 32.2. The predicted octanol–water partition coefficient (Wildman–Crippen LogP) is 6.53. The van der Waals surface area contributed by atoms with E-state index >= 15 is 0 Å². The van der Waals surface area contributed by atoms with Gasteiger partial charge in [-0.25, -0.2) is 33.5 Å². The van der Waals surface area contributed by atoms with E-state index in [-0.39, 0.29) is 52.5 Å². The lowest BCUT2D eigenvalue weighted by Crippen LogP contribution is -2.39. The molecule has 3 fully saturated rings. The quantitative estimate of drug-likeness (QED) is 0.144. The van der Waals surface area contributed by atoms with Crippen LogP contribution in [0.2, 0.25) is 0 Å². The number of alkyl carbamates (subject to hydrolysis) is 1. The van der Waals surface area contributed by atoms with Crippen LogP contribution in [0, 0.1) is 25.5 Å². The van der Waals surface area contributed by atoms with Crippen LogP contribution in [-0.2, 0) is 9.47 Å². The van der Waals surface area contributed by atoms with Gasteiger partial charge in [0.2, 0.25) is 0 Å². The maximum Gasteiger partial charge on any atom is 0.407 e. The summed E-state index contributed by atoms with van der Waals surface area (Å²) < 4.78 is 39.5. The number of nitrogens with one attached hydrogen (secondary N) is 1. The number of amides is 1. The number of aromatic nitrogens is 4. The zero-order valence-electron chi connectivity index (χ0n) is 32.2. The van der Waals surface area contributed by atoms with Crippen molar-refractivity contribution in [2.75, 3.05) is 49.2 Å². The van der Waals surface area contributed by atoms with E-state index in [9.17, 15) is 23.8 Å². The van der Waals surface area contributed by atoms with E-state index in [0.717, 1.165) is 46.2 Å². The third kappa shape index (κ3) is 8.13. The molecular weight excluding hydrogens is 747 g/mol. The Morgan fingerprint density at radius 2 is 1.33 bits per heavy atom. The number of aromatic hydroxyl groups is 2. The lowest BCUT2D eigenvalue weighted by Gasteiger charge is -2.21. The summed E-state index contributed by atoms with van der Waals surface area (Å²) in [7, 11) is 0. The summed E-state index contributed by atoms with van der Waals surface area (Å²) in [5, 5.41) is 25.1. The summed E-state index contributed by atoms with van der Waals surface area (Å²) in [6.45, 7) is 7.65. The van der Waals surface area contributed by atoms with Crippen LogP contribution in [0.1, 0.15) is 30.4 Å². The maximum absolute atomic E-state index is 14.6. The summed E-state index contributed by atoms with van der Waals surface area (Å²) in [6.07, 6.45) is 1.67. The second kappa shape index (κ2) is 16.3. The Labute approximate surface area is 333 Å². The summed E-state index contributed by atoms with van der Waals surface area (Å²) in [6, 6.07) is 20.1. The van der Waals surface area contributed by atoms with Gasteiger partial charge in [0, 0.05) is 49.4 Å². The zero-order chi connectivity index (χ0) is 40.5. The highest BCUT2D eigenvalue weighted by atomic mass is 19.1. The molecule has 3 saturated heterocycles. The van der Waals surface area contributed by atoms with Crippen molar-refractivity contribution in [2.24, 2.45) is 5.73 Å². The second-order valence-electron chi connectivity index (χ2n) is 15.0. The van der Waals surface area contributed by atoms with E-state index in [1.54, 1.807) is 0 Å². The van der Waals surface area contributed by atoms with Gasteiger partial charge >= 0.3 is 6.09 Å². The molecule has 15 heteroatoms. The Hall–Kier alpha value is -6.19. The van der Waals surface area contributed by atoms with E-state index in [4.69, 9.17) is 15.2 Å². The van der Waals surface area contributed by atoms with Gasteiger partial charge in [-0.05, 0) is 86.3 Å². The molecule has 1 amide bonds. The molecule has 0 aliphatic carbocycles. The van der Waals surface area contributed by atoms with Crippen LogP contribution in [0.4, 0.5) is 25.2 Å². The molecule has 13 nitrogen and oxygen atoms in total. The number of aryl methyl sites for hydroxylation is 2. The van der Waals surface area contributed by atoms with Gasteiger partial charge in [0.05, 0.1) is 41.4 Å². The average Bonchev–Trinajstić information content (AvgIpc) is 3.97. The molecule has 0 saturated carbocycles. The van der Waals surface area contributed by atoms with Gasteiger partial charge in [-0.1, -0.05) is 24.3 Å². The number of nitrogens with zero attached hydrogens (tertiary/aromatic N) is 6. The number of ether oxygens (including phenoxy) is 2. The van der Waals surface area contributed by atoms with Crippen LogP contribution in [0.3, 0.4) is 0 Å². The molecule has 9 rings (SSSR count). The third-order valence-corrected chi connectivity index (χ3v) is 10.6. The molecule has 0 radical (unpaired) electrons. The van der Waals surface area contributed by atoms with E-state index in [1.807, 2.05) is 55.1 Å². The van der Waals surface area contributed by atoms with Gasteiger partial charge < -0.3 is 40.5 Å². The molecule has 0 bridgehead atoms. The lowest BCUT2D eigenvalue weighted by atomic mass is 10.1. The van der Waals surface area contributed by atoms with Crippen LogP contribution in [0.15, 0.2) is 72.8 Å². The molecule has 300 valence electrons. The van der Waals surface area contributed by atoms with Crippen molar-refractivity contribution in [2.45, 2.75) is 51.3 Å². The molecule has 6 aromatic rings. The van der Waals surface area contributed by atoms with Crippen molar-refractivity contribution in [3.8, 4) is 34.3 Å². The van der Waals surface area contributed by atoms with Crippen LogP contribution >= 0.6 is 0 Å². The lowest BCUT2D eigenvalue weighted by molar-refractivity contribution is 0.0813.